The zero-order valence-electron chi connectivity index (χ0n) is 19.7. The van der Waals surface area contributed by atoms with Gasteiger partial charge in [0.15, 0.2) is 5.65 Å². The number of nitrogens with one attached hydrogen (secondary N) is 2. The van der Waals surface area contributed by atoms with Crippen LogP contribution in [0.2, 0.25) is 0 Å². The van der Waals surface area contributed by atoms with Crippen LogP contribution in [0.1, 0.15) is 69.0 Å². The summed E-state index contributed by atoms with van der Waals surface area (Å²) >= 11 is 1.81. The number of aromatic nitrogens is 4. The Balaban J connectivity index is 1.37. The highest BCUT2D eigenvalue weighted by Gasteiger charge is 2.43. The van der Waals surface area contributed by atoms with Crippen LogP contribution in [0.3, 0.4) is 0 Å². The molecule has 3 aromatic rings. The first kappa shape index (κ1) is 22.6. The molecule has 2 aliphatic rings. The third-order valence-electron chi connectivity index (χ3n) is 7.71. The lowest BCUT2D eigenvalue weighted by molar-refractivity contribution is 0.196. The van der Waals surface area contributed by atoms with E-state index in [1.54, 1.807) is 4.57 Å². The van der Waals surface area contributed by atoms with Gasteiger partial charge in [-0.15, -0.1) is 11.3 Å². The first-order valence-electron chi connectivity index (χ1n) is 12.6. The van der Waals surface area contributed by atoms with Crippen LogP contribution < -0.4 is 16.6 Å². The van der Waals surface area contributed by atoms with Gasteiger partial charge < -0.3 is 10.3 Å². The van der Waals surface area contributed by atoms with Crippen molar-refractivity contribution in [2.24, 2.45) is 17.8 Å². The molecule has 3 aromatic heterocycles. The zero-order valence-corrected chi connectivity index (χ0v) is 20.5. The number of hydrogen-bond acceptors (Lipinski definition) is 5. The summed E-state index contributed by atoms with van der Waals surface area (Å²) in [4.78, 5) is 35.7. The molecule has 2 bridgehead atoms. The Bertz CT molecular complexity index is 1190. The predicted molar refractivity (Wildman–Crippen MR) is 133 cm³/mol. The Kier molecular flexibility index (Phi) is 6.56. The SMILES string of the molecule is CCCn1c(=O)c2[nH]c(C3CC4CCC(C3)C4CNCc3cccs3)nc2n(CCC)c1=O. The Hall–Kier alpha value is -2.19. The summed E-state index contributed by atoms with van der Waals surface area (Å²) in [5, 5.41) is 5.83. The Morgan fingerprint density at radius 3 is 2.52 bits per heavy atom. The second-order valence-corrected chi connectivity index (χ2v) is 10.9. The minimum absolute atomic E-state index is 0.225. The van der Waals surface area contributed by atoms with Crippen molar-refractivity contribution >= 4 is 22.5 Å². The number of thiophene rings is 1. The lowest BCUT2D eigenvalue weighted by Gasteiger charge is -2.34. The van der Waals surface area contributed by atoms with Crippen LogP contribution in [-0.2, 0) is 19.6 Å². The van der Waals surface area contributed by atoms with Crippen LogP contribution in [-0.4, -0.2) is 25.6 Å². The second-order valence-electron chi connectivity index (χ2n) is 9.85. The van der Waals surface area contributed by atoms with Gasteiger partial charge in [-0.05, 0) is 74.3 Å². The highest BCUT2D eigenvalue weighted by atomic mass is 32.1. The van der Waals surface area contributed by atoms with Gasteiger partial charge in [0.1, 0.15) is 11.3 Å². The van der Waals surface area contributed by atoms with Crippen LogP contribution in [0.15, 0.2) is 27.1 Å². The quantitative estimate of drug-likeness (QED) is 0.495. The Morgan fingerprint density at radius 2 is 1.85 bits per heavy atom. The zero-order chi connectivity index (χ0) is 22.9. The van der Waals surface area contributed by atoms with Crippen molar-refractivity contribution < 1.29 is 0 Å². The summed E-state index contributed by atoms with van der Waals surface area (Å²) in [5.74, 6) is 3.38. The fraction of sp³-hybridized carbons (Fsp3) is 0.640. The first-order valence-corrected chi connectivity index (χ1v) is 13.4. The predicted octanol–water partition coefficient (Wildman–Crippen LogP) is 4.08. The molecule has 2 N–H and O–H groups in total. The standard InChI is InChI=1S/C25H35N5O2S/c1-3-9-29-23-21(24(31)30(10-4-2)25(29)32)27-22(28-23)18-12-16-7-8-17(13-18)20(16)15-26-14-19-6-5-11-33-19/h5-6,11,16-18,20,26H,3-4,7-10,12-15H2,1-2H3,(H,27,28). The number of aryl methyl sites for hydroxylation is 1. The average Bonchev–Trinajstić information content (AvgIpc) is 3.53. The number of rotatable bonds is 9. The van der Waals surface area contributed by atoms with Crippen molar-refractivity contribution in [3.8, 4) is 0 Å². The summed E-state index contributed by atoms with van der Waals surface area (Å²) in [6.07, 6.45) is 6.38. The fourth-order valence-electron chi connectivity index (χ4n) is 6.21. The molecule has 5 rings (SSSR count). The van der Waals surface area contributed by atoms with Crippen molar-refractivity contribution in [3.05, 3.63) is 49.1 Å². The summed E-state index contributed by atoms with van der Waals surface area (Å²) in [7, 11) is 0. The van der Waals surface area contributed by atoms with Gasteiger partial charge >= 0.3 is 5.69 Å². The van der Waals surface area contributed by atoms with E-state index in [4.69, 9.17) is 4.98 Å². The highest BCUT2D eigenvalue weighted by molar-refractivity contribution is 7.09. The molecule has 33 heavy (non-hydrogen) atoms. The largest absolute Gasteiger partial charge is 0.336 e. The number of fused-ring (bicyclic) bond motifs is 3. The average molecular weight is 470 g/mol. The van der Waals surface area contributed by atoms with Crippen LogP contribution in [0, 0.1) is 17.8 Å². The fourth-order valence-corrected chi connectivity index (χ4v) is 6.88. The van der Waals surface area contributed by atoms with E-state index in [9.17, 15) is 9.59 Å². The number of nitrogens with zero attached hydrogens (tertiary/aromatic N) is 3. The first-order chi connectivity index (χ1) is 16.1. The summed E-state index contributed by atoms with van der Waals surface area (Å²) in [6.45, 7) is 7.10. The van der Waals surface area contributed by atoms with Gasteiger partial charge in [-0.25, -0.2) is 9.78 Å². The molecule has 8 heteroatoms. The molecule has 0 amide bonds. The number of aromatic amines is 1. The Labute approximate surface area is 198 Å². The van der Waals surface area contributed by atoms with Crippen molar-refractivity contribution in [2.45, 2.75) is 77.9 Å². The van der Waals surface area contributed by atoms with Gasteiger partial charge in [-0.1, -0.05) is 19.9 Å². The van der Waals surface area contributed by atoms with Crippen LogP contribution >= 0.6 is 11.3 Å². The van der Waals surface area contributed by atoms with Crippen molar-refractivity contribution in [2.75, 3.05) is 6.54 Å². The topological polar surface area (TPSA) is 84.7 Å². The van der Waals surface area contributed by atoms with Crippen LogP contribution in [0.25, 0.3) is 11.2 Å². The van der Waals surface area contributed by atoms with E-state index in [0.717, 1.165) is 50.5 Å². The van der Waals surface area contributed by atoms with Gasteiger partial charge in [0, 0.05) is 30.4 Å². The lowest BCUT2D eigenvalue weighted by Crippen LogP contribution is -2.40. The molecule has 7 nitrogen and oxygen atoms in total. The molecule has 2 saturated carbocycles. The van der Waals surface area contributed by atoms with Crippen LogP contribution in [0.4, 0.5) is 0 Å². The van der Waals surface area contributed by atoms with E-state index in [0.29, 0.717) is 42.0 Å². The minimum atomic E-state index is -0.227. The maximum absolute atomic E-state index is 13.1. The van der Waals surface area contributed by atoms with E-state index in [-0.39, 0.29) is 11.2 Å². The molecule has 0 spiro atoms. The molecule has 0 radical (unpaired) electrons. The summed E-state index contributed by atoms with van der Waals surface area (Å²) < 4.78 is 3.07. The minimum Gasteiger partial charge on any atom is -0.336 e. The molecule has 2 aliphatic carbocycles. The molecule has 0 saturated heterocycles. The normalized spacial score (nSPS) is 24.7. The third-order valence-corrected chi connectivity index (χ3v) is 8.59. The molecular weight excluding hydrogens is 434 g/mol. The maximum Gasteiger partial charge on any atom is 0.332 e. The van der Waals surface area contributed by atoms with Gasteiger partial charge in [-0.3, -0.25) is 13.9 Å². The summed E-state index contributed by atoms with van der Waals surface area (Å²) in [5.41, 5.74) is 0.590. The number of hydrogen-bond donors (Lipinski definition) is 2. The smallest absolute Gasteiger partial charge is 0.332 e. The van der Waals surface area contributed by atoms with E-state index in [1.165, 1.54) is 22.3 Å². The van der Waals surface area contributed by atoms with E-state index < -0.39 is 0 Å². The molecule has 3 heterocycles. The molecule has 2 unspecified atom stereocenters. The molecule has 2 fully saturated rings. The molecule has 0 aliphatic heterocycles. The van der Waals surface area contributed by atoms with Crippen LogP contribution in [0.5, 0.6) is 0 Å². The third kappa shape index (κ3) is 4.23. The highest BCUT2D eigenvalue weighted by Crippen LogP contribution is 2.51. The monoisotopic (exact) mass is 469 g/mol. The van der Waals surface area contributed by atoms with E-state index >= 15 is 0 Å². The van der Waals surface area contributed by atoms with E-state index in [1.807, 2.05) is 25.2 Å². The molecular formula is C25H35N5O2S. The molecule has 2 atom stereocenters. The lowest BCUT2D eigenvalue weighted by atomic mass is 9.73. The van der Waals surface area contributed by atoms with E-state index in [2.05, 4.69) is 27.8 Å². The molecule has 0 aromatic carbocycles. The van der Waals surface area contributed by atoms with Gasteiger partial charge in [-0.2, -0.15) is 0 Å². The van der Waals surface area contributed by atoms with Gasteiger partial charge in [0.25, 0.3) is 5.56 Å². The van der Waals surface area contributed by atoms with Gasteiger partial charge in [0.2, 0.25) is 0 Å². The Morgan fingerprint density at radius 1 is 1.12 bits per heavy atom. The van der Waals surface area contributed by atoms with Crippen molar-refractivity contribution in [1.29, 1.82) is 0 Å². The van der Waals surface area contributed by atoms with Crippen molar-refractivity contribution in [1.82, 2.24) is 24.4 Å². The summed E-state index contributed by atoms with van der Waals surface area (Å²) in [6, 6.07) is 4.30. The van der Waals surface area contributed by atoms with Crippen molar-refractivity contribution in [3.63, 3.8) is 0 Å². The number of imidazole rings is 1. The van der Waals surface area contributed by atoms with Gasteiger partial charge in [0.05, 0.1) is 0 Å². The maximum atomic E-state index is 13.1. The number of H-pyrrole nitrogens is 1. The molecule has 178 valence electrons. The second kappa shape index (κ2) is 9.58.